The molecular formula is C20H26F2IN3O2. The van der Waals surface area contributed by atoms with Crippen molar-refractivity contribution in [2.45, 2.75) is 26.5 Å². The molecule has 5 nitrogen and oxygen atoms in total. The molecule has 0 heterocycles. The van der Waals surface area contributed by atoms with E-state index in [0.29, 0.717) is 30.4 Å². The molecule has 0 saturated carbocycles. The Labute approximate surface area is 181 Å². The summed E-state index contributed by atoms with van der Waals surface area (Å²) in [5.41, 5.74) is 1.35. The number of hydrogen-bond donors (Lipinski definition) is 3. The molecule has 0 spiro atoms. The summed E-state index contributed by atoms with van der Waals surface area (Å²) in [6.07, 6.45) is -0.782. The average Bonchev–Trinajstić information content (AvgIpc) is 2.66. The first-order valence-electron chi connectivity index (χ1n) is 8.81. The first-order valence-corrected chi connectivity index (χ1v) is 8.81. The first kappa shape index (κ1) is 24.1. The second-order valence-electron chi connectivity index (χ2n) is 6.08. The molecule has 1 unspecified atom stereocenters. The van der Waals surface area contributed by atoms with Gasteiger partial charge in [0.15, 0.2) is 5.96 Å². The molecule has 0 saturated heterocycles. The Kier molecular flexibility index (Phi) is 10.8. The zero-order valence-electron chi connectivity index (χ0n) is 15.9. The van der Waals surface area contributed by atoms with Crippen molar-refractivity contribution >= 4 is 29.9 Å². The maximum Gasteiger partial charge on any atom is 0.191 e. The summed E-state index contributed by atoms with van der Waals surface area (Å²) < 4.78 is 31.9. The number of nitrogens with zero attached hydrogens (tertiary/aromatic N) is 1. The van der Waals surface area contributed by atoms with Crippen LogP contribution < -0.4 is 15.4 Å². The van der Waals surface area contributed by atoms with Gasteiger partial charge in [-0.15, -0.1) is 24.0 Å². The second-order valence-corrected chi connectivity index (χ2v) is 6.08. The van der Waals surface area contributed by atoms with Gasteiger partial charge in [0.25, 0.3) is 0 Å². The molecule has 1 atom stereocenters. The maximum atomic E-state index is 13.6. The fourth-order valence-corrected chi connectivity index (χ4v) is 2.24. The minimum Gasteiger partial charge on any atom is -0.491 e. The van der Waals surface area contributed by atoms with E-state index in [1.165, 1.54) is 30.3 Å². The quantitative estimate of drug-likeness (QED) is 0.293. The number of guanidine groups is 1. The zero-order valence-corrected chi connectivity index (χ0v) is 18.2. The Hall–Kier alpha value is -1.94. The van der Waals surface area contributed by atoms with E-state index in [2.05, 4.69) is 15.6 Å². The van der Waals surface area contributed by atoms with Crippen LogP contribution in [0.3, 0.4) is 0 Å². The van der Waals surface area contributed by atoms with Crippen LogP contribution >= 0.6 is 24.0 Å². The summed E-state index contributed by atoms with van der Waals surface area (Å²) >= 11 is 0. The largest absolute Gasteiger partial charge is 0.491 e. The average molecular weight is 505 g/mol. The van der Waals surface area contributed by atoms with Gasteiger partial charge in [0.05, 0.1) is 6.54 Å². The number of hydrogen-bond acceptors (Lipinski definition) is 3. The Bertz CT molecular complexity index is 758. The van der Waals surface area contributed by atoms with Gasteiger partial charge < -0.3 is 20.5 Å². The van der Waals surface area contributed by atoms with Crippen LogP contribution in [0.15, 0.2) is 47.5 Å². The molecule has 0 fully saturated rings. The Morgan fingerprint density at radius 1 is 1.14 bits per heavy atom. The third-order valence-corrected chi connectivity index (χ3v) is 3.76. The standard InChI is InChI=1S/C20H25F2N3O2.HI/c1-3-23-20(24-11-15-5-4-14(2)19(22)10-15)25-12-17(26)13-27-18-8-6-16(21)7-9-18;/h4-10,17,26H,3,11-13H2,1-2H3,(H2,23,24,25);1H. The van der Waals surface area contributed by atoms with Crippen LogP contribution in [-0.2, 0) is 6.54 Å². The third kappa shape index (κ3) is 8.39. The number of rotatable bonds is 8. The molecule has 8 heteroatoms. The molecule has 28 heavy (non-hydrogen) atoms. The normalized spacial score (nSPS) is 12.1. The lowest BCUT2D eigenvalue weighted by molar-refractivity contribution is 0.110. The highest BCUT2D eigenvalue weighted by Crippen LogP contribution is 2.11. The van der Waals surface area contributed by atoms with E-state index in [1.807, 2.05) is 13.0 Å². The predicted octanol–water partition coefficient (Wildman–Crippen LogP) is 3.39. The molecule has 0 aliphatic heterocycles. The monoisotopic (exact) mass is 505 g/mol. The van der Waals surface area contributed by atoms with Gasteiger partial charge in [-0.25, -0.2) is 13.8 Å². The van der Waals surface area contributed by atoms with Crippen LogP contribution in [0.5, 0.6) is 5.75 Å². The molecule has 0 amide bonds. The fourth-order valence-electron chi connectivity index (χ4n) is 2.24. The molecule has 0 aromatic heterocycles. The number of aliphatic hydroxyl groups excluding tert-OH is 1. The lowest BCUT2D eigenvalue weighted by Gasteiger charge is -2.16. The molecule has 2 aromatic carbocycles. The van der Waals surface area contributed by atoms with Gasteiger partial charge in [0.2, 0.25) is 0 Å². The minimum absolute atomic E-state index is 0. The summed E-state index contributed by atoms with van der Waals surface area (Å²) in [5, 5.41) is 16.1. The van der Waals surface area contributed by atoms with E-state index in [-0.39, 0.29) is 48.8 Å². The van der Waals surface area contributed by atoms with Crippen molar-refractivity contribution in [2.75, 3.05) is 19.7 Å². The topological polar surface area (TPSA) is 65.9 Å². The van der Waals surface area contributed by atoms with E-state index < -0.39 is 6.10 Å². The highest BCUT2D eigenvalue weighted by molar-refractivity contribution is 14.0. The predicted molar refractivity (Wildman–Crippen MR) is 117 cm³/mol. The van der Waals surface area contributed by atoms with Crippen molar-refractivity contribution in [2.24, 2.45) is 4.99 Å². The van der Waals surface area contributed by atoms with Gasteiger partial charge >= 0.3 is 0 Å². The summed E-state index contributed by atoms with van der Waals surface area (Å²) in [4.78, 5) is 4.39. The van der Waals surface area contributed by atoms with Gasteiger partial charge in [-0.05, 0) is 55.3 Å². The van der Waals surface area contributed by atoms with E-state index >= 15 is 0 Å². The number of halogens is 3. The highest BCUT2D eigenvalue weighted by atomic mass is 127. The van der Waals surface area contributed by atoms with Crippen LogP contribution in [0.25, 0.3) is 0 Å². The summed E-state index contributed by atoms with van der Waals surface area (Å²) in [5.74, 6) is 0.398. The number of aliphatic hydroxyl groups is 1. The van der Waals surface area contributed by atoms with Crippen LogP contribution in [0, 0.1) is 18.6 Å². The smallest absolute Gasteiger partial charge is 0.191 e. The zero-order chi connectivity index (χ0) is 19.6. The van der Waals surface area contributed by atoms with Crippen LogP contribution in [0.2, 0.25) is 0 Å². The van der Waals surface area contributed by atoms with E-state index in [9.17, 15) is 13.9 Å². The first-order chi connectivity index (χ1) is 13.0. The summed E-state index contributed by atoms with van der Waals surface area (Å²) in [6, 6.07) is 10.6. The van der Waals surface area contributed by atoms with E-state index in [1.54, 1.807) is 13.0 Å². The molecule has 3 N–H and O–H groups in total. The fraction of sp³-hybridized carbons (Fsp3) is 0.350. The van der Waals surface area contributed by atoms with Gasteiger partial charge in [-0.3, -0.25) is 0 Å². The highest BCUT2D eigenvalue weighted by Gasteiger charge is 2.07. The van der Waals surface area contributed by atoms with Crippen molar-refractivity contribution in [3.63, 3.8) is 0 Å². The van der Waals surface area contributed by atoms with Crippen LogP contribution in [0.1, 0.15) is 18.1 Å². The van der Waals surface area contributed by atoms with Crippen molar-refractivity contribution in [1.29, 1.82) is 0 Å². The Morgan fingerprint density at radius 3 is 2.50 bits per heavy atom. The second kappa shape index (κ2) is 12.5. The van der Waals surface area contributed by atoms with Gasteiger partial charge in [-0.2, -0.15) is 0 Å². The lowest BCUT2D eigenvalue weighted by Crippen LogP contribution is -2.42. The van der Waals surface area contributed by atoms with Gasteiger partial charge in [0.1, 0.15) is 30.1 Å². The van der Waals surface area contributed by atoms with Crippen LogP contribution in [0.4, 0.5) is 8.78 Å². The maximum absolute atomic E-state index is 13.6. The van der Waals surface area contributed by atoms with Crippen molar-refractivity contribution in [3.8, 4) is 5.75 Å². The molecule has 2 rings (SSSR count). The molecule has 0 radical (unpaired) electrons. The SMILES string of the molecule is CCNC(=NCc1ccc(C)c(F)c1)NCC(O)COc1ccc(F)cc1.I. The molecule has 0 aliphatic carbocycles. The van der Waals surface area contributed by atoms with Gasteiger partial charge in [0, 0.05) is 13.1 Å². The number of ether oxygens (including phenoxy) is 1. The number of aryl methyl sites for hydroxylation is 1. The summed E-state index contributed by atoms with van der Waals surface area (Å²) in [6.45, 7) is 4.88. The Balaban J connectivity index is 0.00000392. The number of benzene rings is 2. The van der Waals surface area contributed by atoms with E-state index in [4.69, 9.17) is 4.74 Å². The van der Waals surface area contributed by atoms with Crippen molar-refractivity contribution in [1.82, 2.24) is 10.6 Å². The molecule has 0 aliphatic rings. The lowest BCUT2D eigenvalue weighted by atomic mass is 10.1. The molecule has 2 aromatic rings. The van der Waals surface area contributed by atoms with E-state index in [0.717, 1.165) is 5.56 Å². The minimum atomic E-state index is -0.782. The van der Waals surface area contributed by atoms with Crippen molar-refractivity contribution < 1.29 is 18.6 Å². The molecule has 154 valence electrons. The molecular weight excluding hydrogens is 479 g/mol. The van der Waals surface area contributed by atoms with Gasteiger partial charge in [-0.1, -0.05) is 12.1 Å². The van der Waals surface area contributed by atoms with Crippen molar-refractivity contribution in [3.05, 3.63) is 65.2 Å². The van der Waals surface area contributed by atoms with Crippen LogP contribution in [-0.4, -0.2) is 36.9 Å². The number of aliphatic imine (C=N–C) groups is 1. The third-order valence-electron chi connectivity index (χ3n) is 3.76. The number of nitrogens with one attached hydrogen (secondary N) is 2. The Morgan fingerprint density at radius 2 is 1.86 bits per heavy atom. The molecule has 0 bridgehead atoms. The summed E-state index contributed by atoms with van der Waals surface area (Å²) in [7, 11) is 0.